The maximum atomic E-state index is 13.0. The fourth-order valence-electron chi connectivity index (χ4n) is 5.09. The zero-order valence-corrected chi connectivity index (χ0v) is 18.4. The van der Waals surface area contributed by atoms with Crippen molar-refractivity contribution in [2.45, 2.75) is 25.2 Å². The fourth-order valence-corrected chi connectivity index (χ4v) is 5.09. The number of esters is 1. The second-order valence-electron chi connectivity index (χ2n) is 7.89. The SMILES string of the molecule is COc1ccc2c(c1OC)C(=O)O[C@@H]2[C@@H]1c2c(c(CO)c3c(c2OC)OCO3)CCN1C. The normalized spacial score (nSPS) is 21.1. The van der Waals surface area contributed by atoms with Crippen LogP contribution in [0.2, 0.25) is 0 Å². The summed E-state index contributed by atoms with van der Waals surface area (Å²) in [5.74, 6) is 1.86. The van der Waals surface area contributed by atoms with Gasteiger partial charge < -0.3 is 33.5 Å². The van der Waals surface area contributed by atoms with Gasteiger partial charge in [0.1, 0.15) is 11.7 Å². The molecule has 3 aliphatic heterocycles. The van der Waals surface area contributed by atoms with Crippen molar-refractivity contribution in [2.24, 2.45) is 0 Å². The Morgan fingerprint density at radius 3 is 2.53 bits per heavy atom. The van der Waals surface area contributed by atoms with Gasteiger partial charge >= 0.3 is 5.97 Å². The van der Waals surface area contributed by atoms with E-state index >= 15 is 0 Å². The van der Waals surface area contributed by atoms with Gasteiger partial charge in [-0.1, -0.05) is 6.07 Å². The van der Waals surface area contributed by atoms with Crippen LogP contribution in [0, 0.1) is 0 Å². The zero-order chi connectivity index (χ0) is 22.6. The van der Waals surface area contributed by atoms with Crippen LogP contribution in [0.15, 0.2) is 12.1 Å². The number of likely N-dealkylation sites (N-methyl/N-ethyl adjacent to an activating group) is 1. The molecule has 0 spiro atoms. The number of carbonyl (C=O) groups excluding carboxylic acids is 1. The van der Waals surface area contributed by atoms with E-state index in [1.807, 2.05) is 13.1 Å². The third-order valence-electron chi connectivity index (χ3n) is 6.48. The maximum absolute atomic E-state index is 13.0. The van der Waals surface area contributed by atoms with Crippen LogP contribution in [0.25, 0.3) is 0 Å². The molecule has 1 N–H and O–H groups in total. The second-order valence-corrected chi connectivity index (χ2v) is 7.89. The van der Waals surface area contributed by atoms with E-state index in [2.05, 4.69) is 4.90 Å². The van der Waals surface area contributed by atoms with Gasteiger partial charge in [-0.05, 0) is 25.1 Å². The lowest BCUT2D eigenvalue weighted by Gasteiger charge is -2.39. The molecular formula is C23H25NO8. The fraction of sp³-hybridized carbons (Fsp3) is 0.435. The Labute approximate surface area is 185 Å². The van der Waals surface area contributed by atoms with Gasteiger partial charge in [0.25, 0.3) is 0 Å². The Morgan fingerprint density at radius 2 is 1.84 bits per heavy atom. The Bertz CT molecular complexity index is 1100. The highest BCUT2D eigenvalue weighted by atomic mass is 16.7. The molecule has 0 bridgehead atoms. The van der Waals surface area contributed by atoms with Crippen molar-refractivity contribution < 1.29 is 38.3 Å². The predicted octanol–water partition coefficient (Wildman–Crippen LogP) is 2.37. The zero-order valence-electron chi connectivity index (χ0n) is 18.4. The van der Waals surface area contributed by atoms with Gasteiger partial charge in [-0.3, -0.25) is 4.90 Å². The highest BCUT2D eigenvalue weighted by Crippen LogP contribution is 2.56. The molecule has 0 amide bonds. The summed E-state index contributed by atoms with van der Waals surface area (Å²) in [5.41, 5.74) is 3.52. The molecule has 2 aromatic rings. The molecule has 3 aliphatic rings. The summed E-state index contributed by atoms with van der Waals surface area (Å²) in [6.07, 6.45) is 0.0761. The largest absolute Gasteiger partial charge is 0.493 e. The molecular weight excluding hydrogens is 418 g/mol. The average molecular weight is 443 g/mol. The monoisotopic (exact) mass is 443 g/mol. The summed E-state index contributed by atoms with van der Waals surface area (Å²) in [5, 5.41) is 10.2. The number of ether oxygens (including phenoxy) is 6. The van der Waals surface area contributed by atoms with Gasteiger partial charge in [-0.15, -0.1) is 0 Å². The average Bonchev–Trinajstić information content (AvgIpc) is 3.41. The highest BCUT2D eigenvalue weighted by Gasteiger charge is 2.47. The quantitative estimate of drug-likeness (QED) is 0.699. The minimum absolute atomic E-state index is 0.0559. The van der Waals surface area contributed by atoms with Crippen LogP contribution in [-0.4, -0.2) is 57.7 Å². The Hall–Kier alpha value is -3.17. The molecule has 2 atom stereocenters. The van der Waals surface area contributed by atoms with E-state index in [4.69, 9.17) is 28.4 Å². The van der Waals surface area contributed by atoms with Crippen LogP contribution < -0.4 is 23.7 Å². The molecule has 9 heteroatoms. The number of aliphatic hydroxyl groups is 1. The van der Waals surface area contributed by atoms with Gasteiger partial charge in [0.15, 0.2) is 23.0 Å². The van der Waals surface area contributed by atoms with E-state index < -0.39 is 12.1 Å². The molecule has 0 unspecified atom stereocenters. The van der Waals surface area contributed by atoms with Gasteiger partial charge in [0, 0.05) is 23.2 Å². The van der Waals surface area contributed by atoms with Crippen LogP contribution in [0.4, 0.5) is 0 Å². The van der Waals surface area contributed by atoms with Gasteiger partial charge in [-0.2, -0.15) is 0 Å². The lowest BCUT2D eigenvalue weighted by Crippen LogP contribution is -2.37. The first-order valence-corrected chi connectivity index (χ1v) is 10.3. The van der Waals surface area contributed by atoms with Crippen LogP contribution in [0.5, 0.6) is 28.7 Å². The van der Waals surface area contributed by atoms with Crippen LogP contribution in [-0.2, 0) is 17.8 Å². The Balaban J connectivity index is 1.73. The van der Waals surface area contributed by atoms with Crippen molar-refractivity contribution in [3.05, 3.63) is 39.9 Å². The van der Waals surface area contributed by atoms with Crippen molar-refractivity contribution >= 4 is 5.97 Å². The van der Waals surface area contributed by atoms with E-state index in [9.17, 15) is 9.90 Å². The van der Waals surface area contributed by atoms with E-state index in [0.29, 0.717) is 58.4 Å². The lowest BCUT2D eigenvalue weighted by molar-refractivity contribution is 0.00861. The van der Waals surface area contributed by atoms with Gasteiger partial charge in [0.05, 0.1) is 34.0 Å². The Kier molecular flexibility index (Phi) is 5.02. The summed E-state index contributed by atoms with van der Waals surface area (Å²) in [6, 6.07) is 3.24. The molecule has 32 heavy (non-hydrogen) atoms. The molecule has 0 saturated carbocycles. The first kappa shape index (κ1) is 20.7. The summed E-state index contributed by atoms with van der Waals surface area (Å²) in [4.78, 5) is 15.1. The summed E-state index contributed by atoms with van der Waals surface area (Å²) in [6.45, 7) is 0.561. The topological polar surface area (TPSA) is 95.9 Å². The van der Waals surface area contributed by atoms with Crippen molar-refractivity contribution in [3.63, 3.8) is 0 Å². The first-order chi connectivity index (χ1) is 15.5. The molecule has 0 radical (unpaired) electrons. The van der Waals surface area contributed by atoms with E-state index in [0.717, 1.165) is 11.1 Å². The Morgan fingerprint density at radius 1 is 1.09 bits per heavy atom. The number of carbonyl (C=O) groups is 1. The van der Waals surface area contributed by atoms with E-state index in [1.165, 1.54) is 14.2 Å². The maximum Gasteiger partial charge on any atom is 0.343 e. The number of aliphatic hydroxyl groups excluding tert-OH is 1. The molecule has 0 fully saturated rings. The highest BCUT2D eigenvalue weighted by molar-refractivity contribution is 5.98. The lowest BCUT2D eigenvalue weighted by atomic mass is 9.83. The minimum Gasteiger partial charge on any atom is -0.493 e. The number of hydrogen-bond acceptors (Lipinski definition) is 9. The number of rotatable bonds is 5. The number of fused-ring (bicyclic) bond motifs is 3. The van der Waals surface area contributed by atoms with Crippen LogP contribution in [0.1, 0.15) is 44.8 Å². The summed E-state index contributed by atoms with van der Waals surface area (Å²) >= 11 is 0. The minimum atomic E-state index is -0.609. The number of hydrogen-bond donors (Lipinski definition) is 1. The third kappa shape index (κ3) is 2.74. The third-order valence-corrected chi connectivity index (χ3v) is 6.48. The van der Waals surface area contributed by atoms with E-state index in [1.54, 1.807) is 13.2 Å². The molecule has 0 aromatic heterocycles. The number of benzene rings is 2. The second kappa shape index (κ2) is 7.75. The first-order valence-electron chi connectivity index (χ1n) is 10.3. The summed E-state index contributed by atoms with van der Waals surface area (Å²) < 4.78 is 33.9. The van der Waals surface area contributed by atoms with Crippen molar-refractivity contribution in [1.29, 1.82) is 0 Å². The molecule has 3 heterocycles. The predicted molar refractivity (Wildman–Crippen MR) is 112 cm³/mol. The van der Waals surface area contributed by atoms with Crippen molar-refractivity contribution in [1.82, 2.24) is 4.90 Å². The number of nitrogens with zero attached hydrogens (tertiary/aromatic N) is 1. The van der Waals surface area contributed by atoms with Gasteiger partial charge in [0.2, 0.25) is 12.5 Å². The molecule has 0 saturated heterocycles. The van der Waals surface area contributed by atoms with Crippen LogP contribution in [0.3, 0.4) is 0 Å². The van der Waals surface area contributed by atoms with Crippen LogP contribution >= 0.6 is 0 Å². The molecule has 2 aromatic carbocycles. The summed E-state index contributed by atoms with van der Waals surface area (Å²) in [7, 11) is 6.57. The van der Waals surface area contributed by atoms with Crippen molar-refractivity contribution in [3.8, 4) is 28.7 Å². The molecule has 5 rings (SSSR count). The van der Waals surface area contributed by atoms with Crippen molar-refractivity contribution in [2.75, 3.05) is 41.7 Å². The number of cyclic esters (lactones) is 1. The van der Waals surface area contributed by atoms with E-state index in [-0.39, 0.29) is 19.4 Å². The molecule has 9 nitrogen and oxygen atoms in total. The van der Waals surface area contributed by atoms with Gasteiger partial charge in [-0.25, -0.2) is 4.79 Å². The molecule has 170 valence electrons. The number of methoxy groups -OCH3 is 3. The molecule has 0 aliphatic carbocycles. The standard InChI is InChI=1S/C23H25NO8/c1-24-8-7-11-13(9-25)19-22(31-10-30-19)21(29-4)15(11)17(24)18-12-5-6-14(27-2)20(28-3)16(12)23(26)32-18/h5-6,17-18,25H,7-10H2,1-4H3/t17-,18-/m0/s1. The smallest absolute Gasteiger partial charge is 0.343 e.